The highest BCUT2D eigenvalue weighted by molar-refractivity contribution is 7.98. The summed E-state index contributed by atoms with van der Waals surface area (Å²) in [6.07, 6.45) is 1.44. The highest BCUT2D eigenvalue weighted by Gasteiger charge is 2.28. The first-order valence-corrected chi connectivity index (χ1v) is 10.0. The highest BCUT2D eigenvalue weighted by Crippen LogP contribution is 2.35. The van der Waals surface area contributed by atoms with Crippen molar-refractivity contribution in [1.82, 2.24) is 9.78 Å². The zero-order chi connectivity index (χ0) is 21.0. The van der Waals surface area contributed by atoms with Gasteiger partial charge in [-0.05, 0) is 18.2 Å². The van der Waals surface area contributed by atoms with Gasteiger partial charge in [-0.3, -0.25) is 14.3 Å². The van der Waals surface area contributed by atoms with E-state index in [9.17, 15) is 14.7 Å². The van der Waals surface area contributed by atoms with Gasteiger partial charge in [-0.25, -0.2) is 0 Å². The molecule has 7 nitrogen and oxygen atoms in total. The number of methoxy groups -OCH3 is 1. The molecule has 0 spiro atoms. The van der Waals surface area contributed by atoms with Gasteiger partial charge in [0.25, 0.3) is 0 Å². The van der Waals surface area contributed by atoms with Crippen LogP contribution in [-0.2, 0) is 22.3 Å². The maximum atomic E-state index is 12.4. The number of carbonyl (C=O) groups is 1. The van der Waals surface area contributed by atoms with Crippen molar-refractivity contribution < 1.29 is 19.1 Å². The molecule has 1 N–H and O–H groups in total. The van der Waals surface area contributed by atoms with Crippen LogP contribution >= 0.6 is 23.4 Å². The van der Waals surface area contributed by atoms with Crippen molar-refractivity contribution in [3.8, 4) is 5.75 Å². The second-order valence-corrected chi connectivity index (χ2v) is 7.65. The van der Waals surface area contributed by atoms with E-state index in [4.69, 9.17) is 20.8 Å². The lowest BCUT2D eigenvalue weighted by atomic mass is 9.97. The van der Waals surface area contributed by atoms with Crippen molar-refractivity contribution in [2.75, 3.05) is 7.11 Å². The van der Waals surface area contributed by atoms with Crippen molar-refractivity contribution in [3.63, 3.8) is 0 Å². The minimum Gasteiger partial charge on any atom is -0.502 e. The summed E-state index contributed by atoms with van der Waals surface area (Å²) in [7, 11) is 2.97. The Morgan fingerprint density at radius 1 is 1.38 bits per heavy atom. The fraction of sp³-hybridized carbons (Fsp3) is 0.250. The summed E-state index contributed by atoms with van der Waals surface area (Å²) in [5, 5.41) is 15.1. The van der Waals surface area contributed by atoms with Crippen molar-refractivity contribution in [2.24, 2.45) is 7.05 Å². The van der Waals surface area contributed by atoms with Crippen molar-refractivity contribution in [2.45, 2.75) is 23.0 Å². The number of aromatic hydroxyl groups is 1. The molecule has 0 saturated carbocycles. The van der Waals surface area contributed by atoms with Gasteiger partial charge >= 0.3 is 5.97 Å². The van der Waals surface area contributed by atoms with Gasteiger partial charge in [0.1, 0.15) is 5.76 Å². The summed E-state index contributed by atoms with van der Waals surface area (Å²) >= 11 is 7.57. The summed E-state index contributed by atoms with van der Waals surface area (Å²) in [5.41, 5.74) is 0.0165. The van der Waals surface area contributed by atoms with E-state index in [0.717, 1.165) is 4.90 Å². The SMILES string of the molecule is COC(=O)C[C@H](c1oc(CSc2ccccc2Cl)cc(=O)c1O)c1ccnn1C. The van der Waals surface area contributed by atoms with Crippen LogP contribution in [0, 0.1) is 0 Å². The number of nitrogens with zero attached hydrogens (tertiary/aromatic N) is 2. The number of halogens is 1. The van der Waals surface area contributed by atoms with Gasteiger partial charge in [-0.1, -0.05) is 23.7 Å². The fourth-order valence-corrected chi connectivity index (χ4v) is 4.00. The molecule has 0 fully saturated rings. The third-order valence-electron chi connectivity index (χ3n) is 4.34. The number of rotatable bonds is 7. The van der Waals surface area contributed by atoms with Gasteiger partial charge in [-0.2, -0.15) is 5.10 Å². The van der Waals surface area contributed by atoms with Crippen LogP contribution in [0.15, 0.2) is 56.7 Å². The van der Waals surface area contributed by atoms with E-state index in [1.807, 2.05) is 18.2 Å². The number of carbonyl (C=O) groups excluding carboxylic acids is 1. The van der Waals surface area contributed by atoms with Gasteiger partial charge in [0.15, 0.2) is 5.76 Å². The molecule has 0 aliphatic carbocycles. The van der Waals surface area contributed by atoms with Crippen LogP contribution in [0.1, 0.15) is 29.6 Å². The van der Waals surface area contributed by atoms with Crippen LogP contribution in [-0.4, -0.2) is 28.0 Å². The Morgan fingerprint density at radius 2 is 2.14 bits per heavy atom. The van der Waals surface area contributed by atoms with E-state index < -0.39 is 23.1 Å². The average molecular weight is 435 g/mol. The molecule has 2 aromatic heterocycles. The molecular weight excluding hydrogens is 416 g/mol. The Bertz CT molecular complexity index is 1080. The predicted octanol–water partition coefficient (Wildman–Crippen LogP) is 3.72. The second kappa shape index (κ2) is 9.19. The highest BCUT2D eigenvalue weighted by atomic mass is 35.5. The van der Waals surface area contributed by atoms with Crippen LogP contribution < -0.4 is 5.43 Å². The maximum absolute atomic E-state index is 12.4. The summed E-state index contributed by atoms with van der Waals surface area (Å²) in [6, 6.07) is 10.3. The maximum Gasteiger partial charge on any atom is 0.306 e. The molecule has 0 saturated heterocycles. The third kappa shape index (κ3) is 4.83. The van der Waals surface area contributed by atoms with Crippen molar-refractivity contribution in [3.05, 3.63) is 75.1 Å². The number of hydrogen-bond donors (Lipinski definition) is 1. The molecule has 9 heteroatoms. The molecule has 29 heavy (non-hydrogen) atoms. The van der Waals surface area contributed by atoms with Crippen LogP contribution in [0.25, 0.3) is 0 Å². The molecule has 2 heterocycles. The van der Waals surface area contributed by atoms with Crippen LogP contribution in [0.2, 0.25) is 5.02 Å². The number of ether oxygens (including phenoxy) is 1. The molecule has 1 atom stereocenters. The van der Waals surface area contributed by atoms with Crippen LogP contribution in [0.4, 0.5) is 0 Å². The van der Waals surface area contributed by atoms with E-state index >= 15 is 0 Å². The summed E-state index contributed by atoms with van der Waals surface area (Å²) in [6.45, 7) is 0. The smallest absolute Gasteiger partial charge is 0.306 e. The molecule has 0 aliphatic heterocycles. The Hall–Kier alpha value is -2.71. The number of thioether (sulfide) groups is 1. The molecule has 3 aromatic rings. The Morgan fingerprint density at radius 3 is 2.79 bits per heavy atom. The molecule has 152 valence electrons. The predicted molar refractivity (Wildman–Crippen MR) is 109 cm³/mol. The molecule has 0 radical (unpaired) electrons. The minimum absolute atomic E-state index is 0.00117. The Balaban J connectivity index is 1.98. The zero-order valence-corrected chi connectivity index (χ0v) is 17.4. The summed E-state index contributed by atoms with van der Waals surface area (Å²) in [4.78, 5) is 25.2. The van der Waals surface area contributed by atoms with E-state index in [0.29, 0.717) is 22.2 Å². The van der Waals surface area contributed by atoms with Gasteiger partial charge in [-0.15, -0.1) is 11.8 Å². The Kier molecular flexibility index (Phi) is 6.66. The first-order valence-electron chi connectivity index (χ1n) is 8.68. The van der Waals surface area contributed by atoms with Gasteiger partial charge in [0, 0.05) is 29.9 Å². The molecule has 0 amide bonds. The van der Waals surface area contributed by atoms with Crippen molar-refractivity contribution >= 4 is 29.3 Å². The normalized spacial score (nSPS) is 12.0. The van der Waals surface area contributed by atoms with E-state index in [-0.39, 0.29) is 12.2 Å². The van der Waals surface area contributed by atoms with Crippen molar-refractivity contribution in [1.29, 1.82) is 0 Å². The van der Waals surface area contributed by atoms with Crippen LogP contribution in [0.3, 0.4) is 0 Å². The Labute approximate surface area is 176 Å². The first-order chi connectivity index (χ1) is 13.9. The van der Waals surface area contributed by atoms with Gasteiger partial charge in [0.2, 0.25) is 11.2 Å². The average Bonchev–Trinajstić information content (AvgIpc) is 3.13. The standard InChI is InChI=1S/C20H19ClN2O5S/c1-23-15(7-8-22-23)13(10-18(25)27-2)20-19(26)16(24)9-12(28-20)11-29-17-6-4-3-5-14(17)21/h3-9,13,26H,10-11H2,1-2H3/t13-/m0/s1. The van der Waals surface area contributed by atoms with Gasteiger partial charge < -0.3 is 14.3 Å². The lowest BCUT2D eigenvalue weighted by molar-refractivity contribution is -0.141. The zero-order valence-electron chi connectivity index (χ0n) is 15.8. The number of esters is 1. The summed E-state index contributed by atoms with van der Waals surface area (Å²) < 4.78 is 12.2. The molecule has 3 rings (SSSR count). The van der Waals surface area contributed by atoms with Gasteiger partial charge in [0.05, 0.1) is 30.2 Å². The molecule has 0 aliphatic rings. The molecule has 1 aromatic carbocycles. The lowest BCUT2D eigenvalue weighted by Crippen LogP contribution is -2.16. The fourth-order valence-electron chi connectivity index (χ4n) is 2.88. The van der Waals surface area contributed by atoms with E-state index in [1.54, 1.807) is 30.1 Å². The number of aryl methyl sites for hydroxylation is 1. The van der Waals surface area contributed by atoms with E-state index in [2.05, 4.69) is 5.10 Å². The summed E-state index contributed by atoms with van der Waals surface area (Å²) in [5.74, 6) is -1.10. The number of benzene rings is 1. The topological polar surface area (TPSA) is 94.6 Å². The van der Waals surface area contributed by atoms with E-state index in [1.165, 1.54) is 24.9 Å². The molecule has 0 bridgehead atoms. The second-order valence-electron chi connectivity index (χ2n) is 6.22. The third-order valence-corrected chi connectivity index (χ3v) is 5.87. The quantitative estimate of drug-likeness (QED) is 0.447. The molecular formula is C20H19ClN2O5S. The monoisotopic (exact) mass is 434 g/mol. The first kappa shape index (κ1) is 21.0. The minimum atomic E-state index is -0.729. The molecule has 0 unspecified atom stereocenters. The number of aromatic nitrogens is 2. The lowest BCUT2D eigenvalue weighted by Gasteiger charge is -2.17. The number of hydrogen-bond acceptors (Lipinski definition) is 7. The largest absolute Gasteiger partial charge is 0.502 e. The van der Waals surface area contributed by atoms with Crippen LogP contribution in [0.5, 0.6) is 5.75 Å².